The minimum absolute atomic E-state index is 0. The molecule has 0 saturated heterocycles. The van der Waals surface area contributed by atoms with Gasteiger partial charge in [0.2, 0.25) is 5.91 Å². The molecule has 146 valence electrons. The molecule has 1 atom stereocenters. The highest BCUT2D eigenvalue weighted by molar-refractivity contribution is 7.13. The molecule has 0 spiro atoms. The van der Waals surface area contributed by atoms with Crippen LogP contribution in [0.4, 0.5) is 4.39 Å². The van der Waals surface area contributed by atoms with Crippen molar-refractivity contribution in [3.05, 3.63) is 41.2 Å². The second kappa shape index (κ2) is 10.8. The molecule has 0 aliphatic heterocycles. The number of hydrogen-bond donors (Lipinski definition) is 2. The van der Waals surface area contributed by atoms with Gasteiger partial charge < -0.3 is 11.1 Å². The first-order valence-corrected chi connectivity index (χ1v) is 8.91. The molecule has 2 aromatic rings. The summed E-state index contributed by atoms with van der Waals surface area (Å²) in [4.78, 5) is 16.7. The van der Waals surface area contributed by atoms with Crippen molar-refractivity contribution in [2.24, 2.45) is 11.7 Å². The van der Waals surface area contributed by atoms with Crippen molar-refractivity contribution in [1.29, 1.82) is 0 Å². The number of nitrogens with zero attached hydrogens (tertiary/aromatic N) is 1. The number of nitrogens with two attached hydrogens (primary N) is 1. The molecule has 0 radical (unpaired) electrons. The second-order valence-corrected chi connectivity index (χ2v) is 7.60. The van der Waals surface area contributed by atoms with Crippen LogP contribution in [0.15, 0.2) is 29.6 Å². The molecule has 2 rings (SSSR count). The zero-order valence-electron chi connectivity index (χ0n) is 15.1. The Balaban J connectivity index is 0.00000312. The third-order valence-corrected chi connectivity index (χ3v) is 4.66. The summed E-state index contributed by atoms with van der Waals surface area (Å²) in [5.41, 5.74) is 6.82. The lowest BCUT2D eigenvalue weighted by molar-refractivity contribution is -0.122. The Morgan fingerprint density at radius 1 is 1.38 bits per heavy atom. The maximum absolute atomic E-state index is 13.3. The van der Waals surface area contributed by atoms with Crippen LogP contribution < -0.4 is 11.1 Å². The van der Waals surface area contributed by atoms with Crippen molar-refractivity contribution >= 4 is 42.1 Å². The van der Waals surface area contributed by atoms with Gasteiger partial charge in [-0.15, -0.1) is 36.2 Å². The molecule has 0 fully saturated rings. The number of halogens is 3. The van der Waals surface area contributed by atoms with Gasteiger partial charge in [0.1, 0.15) is 10.8 Å². The molecule has 4 nitrogen and oxygen atoms in total. The van der Waals surface area contributed by atoms with Gasteiger partial charge in [0.15, 0.2) is 0 Å². The molecule has 1 aromatic heterocycles. The first-order chi connectivity index (χ1) is 11.3. The van der Waals surface area contributed by atoms with E-state index in [1.807, 2.05) is 12.3 Å². The van der Waals surface area contributed by atoms with E-state index < -0.39 is 5.54 Å². The fourth-order valence-electron chi connectivity index (χ4n) is 2.77. The quantitative estimate of drug-likeness (QED) is 0.702. The molecule has 0 bridgehead atoms. The van der Waals surface area contributed by atoms with Crippen LogP contribution in [0.1, 0.15) is 32.9 Å². The van der Waals surface area contributed by atoms with E-state index in [2.05, 4.69) is 24.1 Å². The molecular formula is C18H26Cl2FN3OS. The summed E-state index contributed by atoms with van der Waals surface area (Å²) < 4.78 is 13.3. The first kappa shape index (κ1) is 24.8. The normalized spacial score (nSPS) is 12.7. The van der Waals surface area contributed by atoms with E-state index in [0.29, 0.717) is 23.2 Å². The molecule has 26 heavy (non-hydrogen) atoms. The van der Waals surface area contributed by atoms with Crippen LogP contribution in [0.2, 0.25) is 0 Å². The van der Waals surface area contributed by atoms with Crippen LogP contribution >= 0.6 is 36.2 Å². The number of carbonyl (C=O) groups is 1. The van der Waals surface area contributed by atoms with Crippen LogP contribution in [0, 0.1) is 11.7 Å². The minimum atomic E-state index is -0.410. The average Bonchev–Trinajstić information content (AvgIpc) is 2.94. The fourth-order valence-corrected chi connectivity index (χ4v) is 3.59. The van der Waals surface area contributed by atoms with Crippen molar-refractivity contribution in [3.63, 3.8) is 0 Å². The fraction of sp³-hybridized carbons (Fsp3) is 0.444. The lowest BCUT2D eigenvalue weighted by atomic mass is 9.90. The highest BCUT2D eigenvalue weighted by Crippen LogP contribution is 2.24. The van der Waals surface area contributed by atoms with Crippen molar-refractivity contribution in [1.82, 2.24) is 10.3 Å². The summed E-state index contributed by atoms with van der Waals surface area (Å²) in [6.07, 6.45) is 1.01. The number of carbonyl (C=O) groups excluding carboxylic acids is 1. The smallest absolute Gasteiger partial charge is 0.226 e. The summed E-state index contributed by atoms with van der Waals surface area (Å²) in [6.45, 7) is 6.56. The lowest BCUT2D eigenvalue weighted by Crippen LogP contribution is -2.52. The Morgan fingerprint density at radius 2 is 2.08 bits per heavy atom. The summed E-state index contributed by atoms with van der Waals surface area (Å²) in [7, 11) is 0. The molecule has 3 N–H and O–H groups in total. The second-order valence-electron chi connectivity index (χ2n) is 6.74. The molecule has 8 heteroatoms. The van der Waals surface area contributed by atoms with Crippen LogP contribution in [-0.2, 0) is 11.2 Å². The SMILES string of the molecule is CC(C)CC(C)(CN)NC(=O)Cc1csc(-c2cccc(F)c2)n1.Cl.Cl. The van der Waals surface area contributed by atoms with Gasteiger partial charge in [0, 0.05) is 23.0 Å². The van der Waals surface area contributed by atoms with Gasteiger partial charge in [0.05, 0.1) is 12.1 Å². The summed E-state index contributed by atoms with van der Waals surface area (Å²) >= 11 is 1.41. The van der Waals surface area contributed by atoms with E-state index in [-0.39, 0.29) is 43.0 Å². The van der Waals surface area contributed by atoms with Crippen molar-refractivity contribution in [3.8, 4) is 10.6 Å². The maximum Gasteiger partial charge on any atom is 0.226 e. The van der Waals surface area contributed by atoms with Gasteiger partial charge in [-0.05, 0) is 31.4 Å². The third-order valence-electron chi connectivity index (χ3n) is 3.72. The highest BCUT2D eigenvalue weighted by atomic mass is 35.5. The molecule has 0 aliphatic rings. The van der Waals surface area contributed by atoms with E-state index >= 15 is 0 Å². The van der Waals surface area contributed by atoms with Gasteiger partial charge in [-0.3, -0.25) is 4.79 Å². The van der Waals surface area contributed by atoms with E-state index in [1.54, 1.807) is 12.1 Å². The molecule has 1 heterocycles. The minimum Gasteiger partial charge on any atom is -0.349 e. The monoisotopic (exact) mass is 421 g/mol. The predicted molar refractivity (Wildman–Crippen MR) is 111 cm³/mol. The zero-order valence-corrected chi connectivity index (χ0v) is 17.6. The standard InChI is InChI=1S/C18H24FN3OS.2ClH/c1-12(2)9-18(3,11-20)22-16(23)8-15-10-24-17(21-15)13-5-4-6-14(19)7-13;;/h4-7,10,12H,8-9,11,20H2,1-3H3,(H,22,23);2*1H. The molecule has 0 saturated carbocycles. The van der Waals surface area contributed by atoms with Gasteiger partial charge in [-0.2, -0.15) is 0 Å². The van der Waals surface area contributed by atoms with Gasteiger partial charge in [-0.1, -0.05) is 26.0 Å². The predicted octanol–water partition coefficient (Wildman–Crippen LogP) is 4.22. The third kappa shape index (κ3) is 7.19. The Labute approximate surface area is 170 Å². The molecule has 1 amide bonds. The Hall–Kier alpha value is -1.21. The van der Waals surface area contributed by atoms with Crippen LogP contribution in [0.5, 0.6) is 0 Å². The lowest BCUT2D eigenvalue weighted by Gasteiger charge is -2.31. The highest BCUT2D eigenvalue weighted by Gasteiger charge is 2.26. The van der Waals surface area contributed by atoms with Crippen LogP contribution in [0.25, 0.3) is 10.6 Å². The largest absolute Gasteiger partial charge is 0.349 e. The number of nitrogens with one attached hydrogen (secondary N) is 1. The number of hydrogen-bond acceptors (Lipinski definition) is 4. The van der Waals surface area contributed by atoms with E-state index in [0.717, 1.165) is 12.0 Å². The molecule has 1 aromatic carbocycles. The Morgan fingerprint density at radius 3 is 2.65 bits per heavy atom. The maximum atomic E-state index is 13.3. The van der Waals surface area contributed by atoms with E-state index in [9.17, 15) is 9.18 Å². The zero-order chi connectivity index (χ0) is 17.7. The van der Waals surface area contributed by atoms with E-state index in [4.69, 9.17) is 5.73 Å². The van der Waals surface area contributed by atoms with Gasteiger partial charge in [0.25, 0.3) is 0 Å². The summed E-state index contributed by atoms with van der Waals surface area (Å²) in [6, 6.07) is 6.29. The average molecular weight is 422 g/mol. The van der Waals surface area contributed by atoms with Crippen LogP contribution in [-0.4, -0.2) is 23.0 Å². The summed E-state index contributed by atoms with van der Waals surface area (Å²) in [5, 5.41) is 5.57. The van der Waals surface area contributed by atoms with Crippen molar-refractivity contribution in [2.45, 2.75) is 39.2 Å². The molecule has 0 aliphatic carbocycles. The Bertz CT molecular complexity index is 711. The molecule has 1 unspecified atom stereocenters. The van der Waals surface area contributed by atoms with Crippen LogP contribution in [0.3, 0.4) is 0 Å². The van der Waals surface area contributed by atoms with E-state index in [1.165, 1.54) is 23.5 Å². The molecular weight excluding hydrogens is 396 g/mol. The van der Waals surface area contributed by atoms with Crippen molar-refractivity contribution in [2.75, 3.05) is 6.54 Å². The summed E-state index contributed by atoms with van der Waals surface area (Å²) in [5.74, 6) is 0.0479. The van der Waals surface area contributed by atoms with Crippen molar-refractivity contribution < 1.29 is 9.18 Å². The van der Waals surface area contributed by atoms with Gasteiger partial charge >= 0.3 is 0 Å². The number of amides is 1. The Kier molecular flexibility index (Phi) is 10.3. The first-order valence-electron chi connectivity index (χ1n) is 8.03. The van der Waals surface area contributed by atoms with Gasteiger partial charge in [-0.25, -0.2) is 9.37 Å². The number of rotatable bonds is 7. The number of aromatic nitrogens is 1. The number of thiazole rings is 1. The number of benzene rings is 1. The topological polar surface area (TPSA) is 68.0 Å².